The van der Waals surface area contributed by atoms with Gasteiger partial charge in [-0.2, -0.15) is 0 Å². The average Bonchev–Trinajstić information content (AvgIpc) is 2.55. The molecule has 0 aromatic heterocycles. The molecule has 0 spiro atoms. The fourth-order valence-corrected chi connectivity index (χ4v) is 3.00. The van der Waals surface area contributed by atoms with Crippen LogP contribution in [0.3, 0.4) is 0 Å². The average molecular weight is 390 g/mol. The number of para-hydroxylation sites is 1. The molecule has 24 heavy (non-hydrogen) atoms. The highest BCUT2D eigenvalue weighted by Gasteiger charge is 2.10. The van der Waals surface area contributed by atoms with Crippen molar-refractivity contribution >= 4 is 33.6 Å². The first-order valence-corrected chi connectivity index (χ1v) is 8.22. The number of halogens is 1. The van der Waals surface area contributed by atoms with Crippen molar-refractivity contribution in [3.8, 4) is 11.5 Å². The van der Waals surface area contributed by atoms with E-state index in [9.17, 15) is 4.79 Å². The van der Waals surface area contributed by atoms with E-state index >= 15 is 0 Å². The number of aryl methyl sites for hydroxylation is 2. The summed E-state index contributed by atoms with van der Waals surface area (Å²) in [5.41, 5.74) is 3.74. The standard InChI is InChI=1S/C19H20BrNO3/c1-12-6-5-7-13(2)18(12)21-17(22)9-8-14-10-15(20)19(24-4)16(11-14)23-3/h5-11H,1-4H3,(H,21,22)/b9-8+. The fourth-order valence-electron chi connectivity index (χ4n) is 2.38. The first-order chi connectivity index (χ1) is 11.5. The van der Waals surface area contributed by atoms with Crippen LogP contribution in [0.5, 0.6) is 11.5 Å². The molecule has 2 aromatic rings. The predicted octanol–water partition coefficient (Wildman–Crippen LogP) is 4.74. The predicted molar refractivity (Wildman–Crippen MR) is 101 cm³/mol. The minimum Gasteiger partial charge on any atom is -0.493 e. The van der Waals surface area contributed by atoms with Crippen LogP contribution in [0.4, 0.5) is 5.69 Å². The largest absolute Gasteiger partial charge is 0.493 e. The summed E-state index contributed by atoms with van der Waals surface area (Å²) >= 11 is 3.44. The van der Waals surface area contributed by atoms with Gasteiger partial charge in [0.15, 0.2) is 11.5 Å². The van der Waals surface area contributed by atoms with E-state index in [4.69, 9.17) is 9.47 Å². The Hall–Kier alpha value is -2.27. The molecule has 0 saturated heterocycles. The quantitative estimate of drug-likeness (QED) is 0.751. The maximum atomic E-state index is 12.2. The van der Waals surface area contributed by atoms with Crippen LogP contribution in [0.25, 0.3) is 6.08 Å². The molecule has 0 bridgehead atoms. The van der Waals surface area contributed by atoms with Gasteiger partial charge in [-0.05, 0) is 64.7 Å². The van der Waals surface area contributed by atoms with E-state index in [0.717, 1.165) is 26.9 Å². The summed E-state index contributed by atoms with van der Waals surface area (Å²) in [7, 11) is 3.15. The molecule has 0 saturated carbocycles. The van der Waals surface area contributed by atoms with E-state index in [2.05, 4.69) is 21.2 Å². The van der Waals surface area contributed by atoms with Gasteiger partial charge in [0, 0.05) is 11.8 Å². The van der Waals surface area contributed by atoms with Crippen molar-refractivity contribution in [1.29, 1.82) is 0 Å². The highest BCUT2D eigenvalue weighted by atomic mass is 79.9. The smallest absolute Gasteiger partial charge is 0.248 e. The topological polar surface area (TPSA) is 47.6 Å². The van der Waals surface area contributed by atoms with Crippen LogP contribution in [0.2, 0.25) is 0 Å². The van der Waals surface area contributed by atoms with Gasteiger partial charge < -0.3 is 14.8 Å². The van der Waals surface area contributed by atoms with E-state index in [1.807, 2.05) is 44.2 Å². The van der Waals surface area contributed by atoms with E-state index < -0.39 is 0 Å². The van der Waals surface area contributed by atoms with Gasteiger partial charge in [0.2, 0.25) is 5.91 Å². The molecule has 0 heterocycles. The summed E-state index contributed by atoms with van der Waals surface area (Å²) in [6.45, 7) is 3.94. The molecule has 1 N–H and O–H groups in total. The van der Waals surface area contributed by atoms with Crippen LogP contribution < -0.4 is 14.8 Å². The third-order valence-corrected chi connectivity index (χ3v) is 4.20. The van der Waals surface area contributed by atoms with E-state index in [-0.39, 0.29) is 5.91 Å². The van der Waals surface area contributed by atoms with Gasteiger partial charge in [0.05, 0.1) is 18.7 Å². The molecule has 0 radical (unpaired) electrons. The van der Waals surface area contributed by atoms with Crippen LogP contribution in [0, 0.1) is 13.8 Å². The Morgan fingerprint density at radius 3 is 2.38 bits per heavy atom. The van der Waals surface area contributed by atoms with Crippen LogP contribution in [-0.4, -0.2) is 20.1 Å². The third kappa shape index (κ3) is 4.17. The summed E-state index contributed by atoms with van der Waals surface area (Å²) in [6, 6.07) is 9.59. The highest BCUT2D eigenvalue weighted by molar-refractivity contribution is 9.10. The Morgan fingerprint density at radius 1 is 1.12 bits per heavy atom. The lowest BCUT2D eigenvalue weighted by molar-refractivity contribution is -0.111. The Balaban J connectivity index is 2.19. The van der Waals surface area contributed by atoms with Crippen molar-refractivity contribution < 1.29 is 14.3 Å². The minimum atomic E-state index is -0.182. The summed E-state index contributed by atoms with van der Waals surface area (Å²) in [6.07, 6.45) is 3.23. The minimum absolute atomic E-state index is 0.182. The zero-order valence-corrected chi connectivity index (χ0v) is 15.7. The molecule has 126 valence electrons. The molecule has 0 fully saturated rings. The van der Waals surface area contributed by atoms with Gasteiger partial charge in [-0.25, -0.2) is 0 Å². The highest BCUT2D eigenvalue weighted by Crippen LogP contribution is 2.36. The first-order valence-electron chi connectivity index (χ1n) is 7.43. The van der Waals surface area contributed by atoms with Crippen molar-refractivity contribution in [1.82, 2.24) is 0 Å². The summed E-state index contributed by atoms with van der Waals surface area (Å²) in [5.74, 6) is 1.04. The molecule has 0 atom stereocenters. The van der Waals surface area contributed by atoms with Gasteiger partial charge >= 0.3 is 0 Å². The number of nitrogens with one attached hydrogen (secondary N) is 1. The number of carbonyl (C=O) groups excluding carboxylic acids is 1. The van der Waals surface area contributed by atoms with E-state index in [0.29, 0.717) is 11.5 Å². The number of benzene rings is 2. The van der Waals surface area contributed by atoms with Crippen LogP contribution in [0.15, 0.2) is 40.9 Å². The normalized spacial score (nSPS) is 10.7. The van der Waals surface area contributed by atoms with Crippen LogP contribution in [0.1, 0.15) is 16.7 Å². The number of amides is 1. The van der Waals surface area contributed by atoms with Crippen molar-refractivity contribution in [3.63, 3.8) is 0 Å². The lowest BCUT2D eigenvalue weighted by atomic mass is 10.1. The zero-order valence-electron chi connectivity index (χ0n) is 14.1. The number of ether oxygens (including phenoxy) is 2. The Bertz CT molecular complexity index is 764. The monoisotopic (exact) mass is 389 g/mol. The van der Waals surface area contributed by atoms with Gasteiger partial charge in [-0.15, -0.1) is 0 Å². The molecule has 2 aromatic carbocycles. The lowest BCUT2D eigenvalue weighted by Gasteiger charge is -2.11. The second-order valence-electron chi connectivity index (χ2n) is 5.33. The molecule has 0 unspecified atom stereocenters. The number of hydrogen-bond acceptors (Lipinski definition) is 3. The number of methoxy groups -OCH3 is 2. The Kier molecular flexibility index (Phi) is 6.04. The Morgan fingerprint density at radius 2 is 1.79 bits per heavy atom. The zero-order chi connectivity index (χ0) is 17.7. The van der Waals surface area contributed by atoms with Gasteiger partial charge in [0.1, 0.15) is 0 Å². The molecular formula is C19H20BrNO3. The molecule has 2 rings (SSSR count). The maximum absolute atomic E-state index is 12.2. The molecule has 0 aliphatic rings. The number of rotatable bonds is 5. The van der Waals surface area contributed by atoms with Gasteiger partial charge in [-0.3, -0.25) is 4.79 Å². The number of carbonyl (C=O) groups is 1. The number of anilines is 1. The fraction of sp³-hybridized carbons (Fsp3) is 0.211. The molecular weight excluding hydrogens is 370 g/mol. The van der Waals surface area contributed by atoms with Crippen LogP contribution >= 0.6 is 15.9 Å². The van der Waals surface area contributed by atoms with Crippen molar-refractivity contribution in [2.75, 3.05) is 19.5 Å². The number of hydrogen-bond donors (Lipinski definition) is 1. The molecule has 0 aliphatic carbocycles. The second-order valence-corrected chi connectivity index (χ2v) is 6.18. The lowest BCUT2D eigenvalue weighted by Crippen LogP contribution is -2.10. The summed E-state index contributed by atoms with van der Waals surface area (Å²) in [5, 5.41) is 2.92. The second kappa shape index (κ2) is 8.02. The van der Waals surface area contributed by atoms with Gasteiger partial charge in [0.25, 0.3) is 0 Å². The third-order valence-electron chi connectivity index (χ3n) is 3.61. The Labute approximate surface area is 150 Å². The summed E-state index contributed by atoms with van der Waals surface area (Å²) < 4.78 is 11.3. The molecule has 4 nitrogen and oxygen atoms in total. The molecule has 1 amide bonds. The molecule has 0 aliphatic heterocycles. The summed E-state index contributed by atoms with van der Waals surface area (Å²) in [4.78, 5) is 12.2. The SMILES string of the molecule is COc1cc(/C=C/C(=O)Nc2c(C)cccc2C)cc(Br)c1OC. The van der Waals surface area contributed by atoms with E-state index in [1.54, 1.807) is 20.3 Å². The van der Waals surface area contributed by atoms with Crippen molar-refractivity contribution in [2.45, 2.75) is 13.8 Å². The first kappa shape index (κ1) is 18.1. The van der Waals surface area contributed by atoms with Crippen LogP contribution in [-0.2, 0) is 4.79 Å². The maximum Gasteiger partial charge on any atom is 0.248 e. The van der Waals surface area contributed by atoms with Crippen molar-refractivity contribution in [2.24, 2.45) is 0 Å². The van der Waals surface area contributed by atoms with E-state index in [1.165, 1.54) is 6.08 Å². The molecule has 5 heteroatoms. The van der Waals surface area contributed by atoms with Crippen molar-refractivity contribution in [3.05, 3.63) is 57.6 Å². The van der Waals surface area contributed by atoms with Gasteiger partial charge in [-0.1, -0.05) is 18.2 Å².